The smallest absolute Gasteiger partial charge is 0.340 e. The number of carbonyl (C=O) groups is 3. The number of urea groups is 1. The molecular formula is C17H18ClFN2O5. The van der Waals surface area contributed by atoms with E-state index in [1.807, 2.05) is 0 Å². The Labute approximate surface area is 154 Å². The molecule has 26 heavy (non-hydrogen) atoms. The number of ether oxygens (including phenoxy) is 2. The topological polar surface area (TPSA) is 93.7 Å². The van der Waals surface area contributed by atoms with Crippen LogP contribution in [0.3, 0.4) is 0 Å². The monoisotopic (exact) mass is 384 g/mol. The number of carbonyl (C=O) groups excluding carboxylic acids is 3. The molecule has 1 aliphatic heterocycles. The van der Waals surface area contributed by atoms with Gasteiger partial charge in [0.1, 0.15) is 12.4 Å². The second kappa shape index (κ2) is 8.66. The lowest BCUT2D eigenvalue weighted by Gasteiger charge is -2.28. The van der Waals surface area contributed by atoms with E-state index in [-0.39, 0.29) is 35.1 Å². The maximum Gasteiger partial charge on any atom is 0.340 e. The molecule has 0 radical (unpaired) electrons. The van der Waals surface area contributed by atoms with Crippen LogP contribution in [0, 0.1) is 5.82 Å². The Balaban J connectivity index is 2.23. The van der Waals surface area contributed by atoms with E-state index >= 15 is 0 Å². The van der Waals surface area contributed by atoms with Crippen molar-refractivity contribution < 1.29 is 28.2 Å². The van der Waals surface area contributed by atoms with Crippen LogP contribution in [0.4, 0.5) is 9.18 Å². The minimum Gasteiger partial charge on any atom is -0.463 e. The van der Waals surface area contributed by atoms with Gasteiger partial charge in [0.25, 0.3) is 0 Å². The Bertz CT molecular complexity index is 766. The van der Waals surface area contributed by atoms with Crippen LogP contribution >= 0.6 is 11.6 Å². The van der Waals surface area contributed by atoms with Gasteiger partial charge in [0.05, 0.1) is 34.5 Å². The molecule has 1 heterocycles. The molecule has 0 saturated heterocycles. The zero-order valence-corrected chi connectivity index (χ0v) is 15.0. The van der Waals surface area contributed by atoms with Crippen molar-refractivity contribution in [3.05, 3.63) is 45.9 Å². The van der Waals surface area contributed by atoms with Crippen molar-refractivity contribution in [2.45, 2.75) is 26.3 Å². The Morgan fingerprint density at radius 2 is 1.96 bits per heavy atom. The van der Waals surface area contributed by atoms with Crippen LogP contribution in [0.15, 0.2) is 29.5 Å². The molecule has 0 aromatic heterocycles. The third-order valence-corrected chi connectivity index (χ3v) is 3.96. The molecule has 0 unspecified atom stereocenters. The maximum atomic E-state index is 13.1. The minimum absolute atomic E-state index is 0.0290. The molecule has 1 aliphatic rings. The lowest BCUT2D eigenvalue weighted by molar-refractivity contribution is -0.139. The molecule has 2 amide bonds. The van der Waals surface area contributed by atoms with Crippen LogP contribution in [0.5, 0.6) is 0 Å². The summed E-state index contributed by atoms with van der Waals surface area (Å²) in [6, 6.07) is 2.17. The summed E-state index contributed by atoms with van der Waals surface area (Å²) in [7, 11) is 0. The lowest BCUT2D eigenvalue weighted by atomic mass is 10.0. The highest BCUT2D eigenvalue weighted by Crippen LogP contribution is 2.20. The van der Waals surface area contributed by atoms with Gasteiger partial charge in [0, 0.05) is 0 Å². The SMILES string of the molecule is CCOC(=O)C1=C(COC(=O)c2ccc(F)cc2Cl)NC(=O)N[C@@H]1CC. The van der Waals surface area contributed by atoms with E-state index in [9.17, 15) is 18.8 Å². The summed E-state index contributed by atoms with van der Waals surface area (Å²) < 4.78 is 23.2. The van der Waals surface area contributed by atoms with Gasteiger partial charge < -0.3 is 20.1 Å². The maximum absolute atomic E-state index is 13.1. The largest absolute Gasteiger partial charge is 0.463 e. The first-order chi connectivity index (χ1) is 12.4. The summed E-state index contributed by atoms with van der Waals surface area (Å²) in [6.45, 7) is 3.23. The van der Waals surface area contributed by atoms with Crippen molar-refractivity contribution in [2.24, 2.45) is 0 Å². The van der Waals surface area contributed by atoms with E-state index in [4.69, 9.17) is 21.1 Å². The Kier molecular flexibility index (Phi) is 6.57. The molecule has 0 aliphatic carbocycles. The molecule has 0 bridgehead atoms. The molecule has 2 rings (SSSR count). The normalized spacial score (nSPS) is 16.6. The predicted molar refractivity (Wildman–Crippen MR) is 91.1 cm³/mol. The third-order valence-electron chi connectivity index (χ3n) is 3.65. The number of amides is 2. The molecule has 1 aromatic rings. The molecule has 7 nitrogen and oxygen atoms in total. The zero-order chi connectivity index (χ0) is 19.3. The van der Waals surface area contributed by atoms with Crippen molar-refractivity contribution >= 4 is 29.6 Å². The summed E-state index contributed by atoms with van der Waals surface area (Å²) in [5.74, 6) is -2.01. The number of hydrogen-bond acceptors (Lipinski definition) is 5. The first-order valence-electron chi connectivity index (χ1n) is 7.97. The first-order valence-corrected chi connectivity index (χ1v) is 8.35. The van der Waals surface area contributed by atoms with Gasteiger partial charge in [-0.05, 0) is 31.5 Å². The number of nitrogens with one attached hydrogen (secondary N) is 2. The van der Waals surface area contributed by atoms with Crippen molar-refractivity contribution in [1.82, 2.24) is 10.6 Å². The van der Waals surface area contributed by atoms with Crippen LogP contribution in [-0.4, -0.2) is 37.2 Å². The average Bonchev–Trinajstić information content (AvgIpc) is 2.59. The highest BCUT2D eigenvalue weighted by atomic mass is 35.5. The van der Waals surface area contributed by atoms with Gasteiger partial charge in [-0.2, -0.15) is 0 Å². The zero-order valence-electron chi connectivity index (χ0n) is 14.2. The molecule has 0 spiro atoms. The van der Waals surface area contributed by atoms with Gasteiger partial charge in [-0.15, -0.1) is 0 Å². The second-order valence-corrected chi connectivity index (χ2v) is 5.78. The Morgan fingerprint density at radius 1 is 1.23 bits per heavy atom. The summed E-state index contributed by atoms with van der Waals surface area (Å²) in [5, 5.41) is 4.97. The summed E-state index contributed by atoms with van der Waals surface area (Å²) >= 11 is 5.83. The van der Waals surface area contributed by atoms with Crippen LogP contribution in [-0.2, 0) is 14.3 Å². The standard InChI is InChI=1S/C17H18ClFN2O5/c1-3-12-14(16(23)25-4-2)13(21-17(24)20-12)8-26-15(22)10-6-5-9(19)7-11(10)18/h5-7,12H,3-4,8H2,1-2H3,(H2,20,21,24)/t12-/m1/s1. The Morgan fingerprint density at radius 3 is 2.58 bits per heavy atom. The van der Waals surface area contributed by atoms with E-state index in [1.54, 1.807) is 13.8 Å². The number of halogens is 2. The lowest BCUT2D eigenvalue weighted by Crippen LogP contribution is -2.51. The van der Waals surface area contributed by atoms with Crippen molar-refractivity contribution in [1.29, 1.82) is 0 Å². The van der Waals surface area contributed by atoms with Crippen molar-refractivity contribution in [3.63, 3.8) is 0 Å². The second-order valence-electron chi connectivity index (χ2n) is 5.37. The minimum atomic E-state index is -0.813. The van der Waals surface area contributed by atoms with Crippen LogP contribution in [0.2, 0.25) is 5.02 Å². The molecule has 0 fully saturated rings. The third kappa shape index (κ3) is 4.51. The molecule has 2 N–H and O–H groups in total. The predicted octanol–water partition coefficient (Wildman–Crippen LogP) is 2.54. The Hall–Kier alpha value is -2.61. The quantitative estimate of drug-likeness (QED) is 0.735. The van der Waals surface area contributed by atoms with E-state index in [0.29, 0.717) is 6.42 Å². The number of rotatable bonds is 6. The van der Waals surface area contributed by atoms with Gasteiger partial charge in [-0.25, -0.2) is 18.8 Å². The van der Waals surface area contributed by atoms with Gasteiger partial charge in [0.15, 0.2) is 0 Å². The highest BCUT2D eigenvalue weighted by Gasteiger charge is 2.32. The number of esters is 2. The summed E-state index contributed by atoms with van der Waals surface area (Å²) in [6.07, 6.45) is 0.447. The van der Waals surface area contributed by atoms with E-state index in [0.717, 1.165) is 12.1 Å². The van der Waals surface area contributed by atoms with Crippen molar-refractivity contribution in [2.75, 3.05) is 13.2 Å². The highest BCUT2D eigenvalue weighted by molar-refractivity contribution is 6.33. The van der Waals surface area contributed by atoms with Gasteiger partial charge >= 0.3 is 18.0 Å². The van der Waals surface area contributed by atoms with E-state index < -0.39 is 29.8 Å². The fourth-order valence-electron chi connectivity index (χ4n) is 2.45. The van der Waals surface area contributed by atoms with Gasteiger partial charge in [-0.1, -0.05) is 18.5 Å². The van der Waals surface area contributed by atoms with Crippen LogP contribution in [0.25, 0.3) is 0 Å². The summed E-state index contributed by atoms with van der Waals surface area (Å²) in [5.41, 5.74) is 0.288. The molecular weight excluding hydrogens is 367 g/mol. The van der Waals surface area contributed by atoms with E-state index in [1.165, 1.54) is 6.07 Å². The summed E-state index contributed by atoms with van der Waals surface area (Å²) in [4.78, 5) is 36.1. The van der Waals surface area contributed by atoms with Crippen LogP contribution in [0.1, 0.15) is 30.6 Å². The van der Waals surface area contributed by atoms with Crippen molar-refractivity contribution in [3.8, 4) is 0 Å². The first kappa shape index (κ1) is 19.7. The average molecular weight is 385 g/mol. The van der Waals surface area contributed by atoms with Crippen LogP contribution < -0.4 is 10.6 Å². The molecule has 140 valence electrons. The van der Waals surface area contributed by atoms with E-state index in [2.05, 4.69) is 10.6 Å². The fourth-order valence-corrected chi connectivity index (χ4v) is 2.69. The molecule has 1 aromatic carbocycles. The molecule has 1 atom stereocenters. The molecule has 0 saturated carbocycles. The number of hydrogen-bond donors (Lipinski definition) is 2. The van der Waals surface area contributed by atoms with Gasteiger partial charge in [0.2, 0.25) is 0 Å². The molecule has 9 heteroatoms. The number of benzene rings is 1. The fraction of sp³-hybridized carbons (Fsp3) is 0.353. The van der Waals surface area contributed by atoms with Gasteiger partial charge in [-0.3, -0.25) is 0 Å².